The van der Waals surface area contributed by atoms with E-state index < -0.39 is 35.6 Å². The molecule has 9 nitrogen and oxygen atoms in total. The van der Waals surface area contributed by atoms with Gasteiger partial charge in [-0.05, 0) is 42.9 Å². The van der Waals surface area contributed by atoms with Crippen LogP contribution < -0.4 is 10.6 Å². The lowest BCUT2D eigenvalue weighted by atomic mass is 10.0. The number of methoxy groups -OCH3 is 1. The fourth-order valence-corrected chi connectivity index (χ4v) is 3.07. The number of ether oxygens (including phenoxy) is 1. The Hall–Kier alpha value is -3.15. The zero-order valence-electron chi connectivity index (χ0n) is 20.7. The molecule has 1 aromatic carbocycles. The Balaban J connectivity index is 2.53. The molecule has 0 aliphatic heterocycles. The number of alkyl halides is 3. The summed E-state index contributed by atoms with van der Waals surface area (Å²) in [7, 11) is 1.58. The van der Waals surface area contributed by atoms with Crippen LogP contribution in [0.1, 0.15) is 57.1 Å². The predicted molar refractivity (Wildman–Crippen MR) is 126 cm³/mol. The monoisotopic (exact) mass is 517 g/mol. The van der Waals surface area contributed by atoms with E-state index in [0.29, 0.717) is 30.7 Å². The van der Waals surface area contributed by atoms with Gasteiger partial charge in [-0.3, -0.25) is 9.59 Å². The fraction of sp³-hybridized carbons (Fsp3) is 0.583. The van der Waals surface area contributed by atoms with Gasteiger partial charge in [0.25, 0.3) is 0 Å². The van der Waals surface area contributed by atoms with Gasteiger partial charge < -0.3 is 25.3 Å². The number of rotatable bonds is 16. The molecule has 1 atom stereocenters. The molecule has 1 aromatic rings. The molecule has 2 amide bonds. The SMILES string of the molecule is COCCCCC(=NOCCNC(=O)CCC(=O)NC(C(=O)O)C(C)C)c1ccc(C(F)(F)F)cc1. The fourth-order valence-electron chi connectivity index (χ4n) is 3.07. The van der Waals surface area contributed by atoms with Gasteiger partial charge in [-0.25, -0.2) is 4.79 Å². The molecule has 0 heterocycles. The summed E-state index contributed by atoms with van der Waals surface area (Å²) < 4.78 is 43.5. The first-order valence-corrected chi connectivity index (χ1v) is 11.6. The third-order valence-corrected chi connectivity index (χ3v) is 5.08. The molecule has 12 heteroatoms. The number of oxime groups is 1. The highest BCUT2D eigenvalue weighted by Crippen LogP contribution is 2.29. The molecule has 0 bridgehead atoms. The van der Waals surface area contributed by atoms with Gasteiger partial charge in [-0.1, -0.05) is 31.1 Å². The summed E-state index contributed by atoms with van der Waals surface area (Å²) in [4.78, 5) is 40.2. The molecule has 36 heavy (non-hydrogen) atoms. The molecule has 0 saturated carbocycles. The number of carboxylic acids is 1. The number of aliphatic carboxylic acids is 1. The third kappa shape index (κ3) is 12.0. The zero-order chi connectivity index (χ0) is 27.1. The van der Waals surface area contributed by atoms with Gasteiger partial charge in [0.15, 0.2) is 0 Å². The minimum Gasteiger partial charge on any atom is -0.480 e. The smallest absolute Gasteiger partial charge is 0.416 e. The first kappa shape index (κ1) is 30.9. The van der Waals surface area contributed by atoms with Gasteiger partial charge in [0, 0.05) is 26.6 Å². The number of carbonyl (C=O) groups excluding carboxylic acids is 2. The lowest BCUT2D eigenvalue weighted by Crippen LogP contribution is -2.44. The lowest BCUT2D eigenvalue weighted by molar-refractivity contribution is -0.143. The Morgan fingerprint density at radius 2 is 1.64 bits per heavy atom. The Labute approximate surface area is 208 Å². The summed E-state index contributed by atoms with van der Waals surface area (Å²) in [6.07, 6.45) is -2.84. The highest BCUT2D eigenvalue weighted by atomic mass is 19.4. The normalized spacial score (nSPS) is 12.8. The van der Waals surface area contributed by atoms with Crippen LogP contribution >= 0.6 is 0 Å². The number of hydrogen-bond acceptors (Lipinski definition) is 6. The Kier molecular flexibility index (Phi) is 13.5. The van der Waals surface area contributed by atoms with E-state index in [1.807, 2.05) is 0 Å². The molecule has 0 radical (unpaired) electrons. The van der Waals surface area contributed by atoms with Crippen molar-refractivity contribution in [3.8, 4) is 0 Å². The summed E-state index contributed by atoms with van der Waals surface area (Å²) in [5.41, 5.74) is 0.211. The van der Waals surface area contributed by atoms with Crippen LogP contribution in [0.5, 0.6) is 0 Å². The van der Waals surface area contributed by atoms with E-state index in [0.717, 1.165) is 18.6 Å². The van der Waals surface area contributed by atoms with Crippen molar-refractivity contribution in [2.75, 3.05) is 26.9 Å². The molecule has 1 rings (SSSR count). The number of amides is 2. The maximum atomic E-state index is 12.8. The van der Waals surface area contributed by atoms with Crippen molar-refractivity contribution >= 4 is 23.5 Å². The van der Waals surface area contributed by atoms with Crippen molar-refractivity contribution in [3.63, 3.8) is 0 Å². The van der Waals surface area contributed by atoms with Crippen LogP contribution in [-0.4, -0.2) is 61.5 Å². The average Bonchev–Trinajstić information content (AvgIpc) is 2.81. The van der Waals surface area contributed by atoms with Crippen LogP contribution in [0.25, 0.3) is 0 Å². The Bertz CT molecular complexity index is 873. The molecule has 3 N–H and O–H groups in total. The minimum absolute atomic E-state index is 0.00851. The highest BCUT2D eigenvalue weighted by Gasteiger charge is 2.30. The second-order valence-electron chi connectivity index (χ2n) is 8.37. The molecule has 0 fully saturated rings. The van der Waals surface area contributed by atoms with Crippen molar-refractivity contribution < 1.29 is 42.2 Å². The highest BCUT2D eigenvalue weighted by molar-refractivity contribution is 6.00. The zero-order valence-corrected chi connectivity index (χ0v) is 20.7. The minimum atomic E-state index is -4.43. The molecule has 1 unspecified atom stereocenters. The molecule has 0 saturated heterocycles. The second kappa shape index (κ2) is 15.8. The van der Waals surface area contributed by atoms with Crippen LogP contribution in [0.3, 0.4) is 0 Å². The standard InChI is InChI=1S/C24H34F3N3O6/c1-16(2)22(23(33)34)29-21(32)12-11-20(31)28-13-15-36-30-19(6-4-5-14-35-3)17-7-9-18(10-8-17)24(25,26)27/h7-10,16,22H,4-6,11-15H2,1-3H3,(H,28,31)(H,29,32)(H,33,34). The maximum absolute atomic E-state index is 12.8. The van der Waals surface area contributed by atoms with Crippen LogP contribution in [0, 0.1) is 5.92 Å². The van der Waals surface area contributed by atoms with Gasteiger partial charge in [-0.15, -0.1) is 0 Å². The first-order valence-electron chi connectivity index (χ1n) is 11.6. The summed E-state index contributed by atoms with van der Waals surface area (Å²) in [5, 5.41) is 18.1. The van der Waals surface area contributed by atoms with Crippen LogP contribution in [0.4, 0.5) is 13.2 Å². The largest absolute Gasteiger partial charge is 0.480 e. The predicted octanol–water partition coefficient (Wildman–Crippen LogP) is 3.36. The summed E-state index contributed by atoms with van der Waals surface area (Å²) in [6, 6.07) is 3.61. The maximum Gasteiger partial charge on any atom is 0.416 e. The van der Waals surface area contributed by atoms with Crippen molar-refractivity contribution in [3.05, 3.63) is 35.4 Å². The van der Waals surface area contributed by atoms with Crippen molar-refractivity contribution in [1.82, 2.24) is 10.6 Å². The van der Waals surface area contributed by atoms with Gasteiger partial charge >= 0.3 is 12.1 Å². The summed E-state index contributed by atoms with van der Waals surface area (Å²) in [6.45, 7) is 3.97. The van der Waals surface area contributed by atoms with E-state index in [9.17, 15) is 27.6 Å². The van der Waals surface area contributed by atoms with E-state index >= 15 is 0 Å². The van der Waals surface area contributed by atoms with E-state index in [1.54, 1.807) is 21.0 Å². The Morgan fingerprint density at radius 1 is 1.00 bits per heavy atom. The molecule has 0 aromatic heterocycles. The van der Waals surface area contributed by atoms with Crippen LogP contribution in [0.15, 0.2) is 29.4 Å². The average molecular weight is 518 g/mol. The van der Waals surface area contributed by atoms with Crippen molar-refractivity contribution in [2.45, 2.75) is 58.2 Å². The first-order chi connectivity index (χ1) is 17.0. The van der Waals surface area contributed by atoms with E-state index in [2.05, 4.69) is 15.8 Å². The molecule has 0 spiro atoms. The van der Waals surface area contributed by atoms with Gasteiger partial charge in [0.05, 0.1) is 17.8 Å². The number of hydrogen-bond donors (Lipinski definition) is 3. The molecule has 202 valence electrons. The number of carboxylic acid groups (broad SMARTS) is 1. The number of unbranched alkanes of at least 4 members (excludes halogenated alkanes) is 1. The van der Waals surface area contributed by atoms with Crippen LogP contribution in [0.2, 0.25) is 0 Å². The topological polar surface area (TPSA) is 126 Å². The van der Waals surface area contributed by atoms with E-state index in [1.165, 1.54) is 12.1 Å². The number of halogens is 3. The number of carbonyl (C=O) groups is 3. The number of nitrogens with zero attached hydrogens (tertiary/aromatic N) is 1. The van der Waals surface area contributed by atoms with Gasteiger partial charge in [-0.2, -0.15) is 13.2 Å². The third-order valence-electron chi connectivity index (χ3n) is 5.08. The summed E-state index contributed by atoms with van der Waals surface area (Å²) >= 11 is 0. The lowest BCUT2D eigenvalue weighted by Gasteiger charge is -2.17. The molecular weight excluding hydrogens is 483 g/mol. The molecule has 0 aliphatic carbocycles. The Morgan fingerprint density at radius 3 is 2.19 bits per heavy atom. The quantitative estimate of drug-likeness (QED) is 0.175. The second-order valence-corrected chi connectivity index (χ2v) is 8.37. The van der Waals surface area contributed by atoms with Crippen molar-refractivity contribution in [1.29, 1.82) is 0 Å². The summed E-state index contributed by atoms with van der Waals surface area (Å²) in [5.74, 6) is -2.40. The molecule has 0 aliphatic rings. The van der Waals surface area contributed by atoms with Gasteiger partial charge in [0.2, 0.25) is 11.8 Å². The van der Waals surface area contributed by atoms with Gasteiger partial charge in [0.1, 0.15) is 12.6 Å². The van der Waals surface area contributed by atoms with E-state index in [-0.39, 0.29) is 31.9 Å². The van der Waals surface area contributed by atoms with E-state index in [4.69, 9.17) is 14.7 Å². The number of benzene rings is 1. The number of nitrogens with one attached hydrogen (secondary N) is 2. The van der Waals surface area contributed by atoms with Crippen LogP contribution in [-0.2, 0) is 30.1 Å². The van der Waals surface area contributed by atoms with Crippen molar-refractivity contribution in [2.24, 2.45) is 11.1 Å². The molecular formula is C24H34F3N3O6.